The van der Waals surface area contributed by atoms with Crippen molar-refractivity contribution in [3.63, 3.8) is 0 Å². The third-order valence-electron chi connectivity index (χ3n) is 9.19. The topological polar surface area (TPSA) is 111 Å². The van der Waals surface area contributed by atoms with Gasteiger partial charge in [0.1, 0.15) is 6.04 Å². The van der Waals surface area contributed by atoms with Crippen molar-refractivity contribution < 1.29 is 24.2 Å². The number of nitrogens with zero attached hydrogens (tertiary/aromatic N) is 2. The van der Waals surface area contributed by atoms with Gasteiger partial charge in [-0.15, -0.1) is 11.8 Å². The standard InChI is InChI=1S/C29H42N4O5S/c1-18(2)21(17-34)33-25(27(36)30-9-10-32-11-13-38-14-12-32)29-19(3)15-22(39-29)23(24(29)28(33)37)26(35)31-16-20-7-5-4-6-8-20/h4-8,18-19,21-25,34H,9-17H2,1-3H3,(H,30,36)(H,31,35)/t19?,21-,22+,23-,24-,25?,29?/m0/s1. The molecule has 3 N–H and O–H groups in total. The van der Waals surface area contributed by atoms with Gasteiger partial charge in [-0.3, -0.25) is 19.3 Å². The highest BCUT2D eigenvalue weighted by Crippen LogP contribution is 2.68. The Morgan fingerprint density at radius 3 is 2.54 bits per heavy atom. The molecule has 4 aliphatic heterocycles. The van der Waals surface area contributed by atoms with Gasteiger partial charge < -0.3 is 25.4 Å². The van der Waals surface area contributed by atoms with Crippen LogP contribution < -0.4 is 10.6 Å². The summed E-state index contributed by atoms with van der Waals surface area (Å²) in [7, 11) is 0. The van der Waals surface area contributed by atoms with E-state index in [0.29, 0.717) is 26.3 Å². The fourth-order valence-corrected chi connectivity index (χ4v) is 9.61. The molecule has 2 bridgehead atoms. The van der Waals surface area contributed by atoms with Crippen molar-refractivity contribution in [2.75, 3.05) is 46.0 Å². The van der Waals surface area contributed by atoms with Gasteiger partial charge >= 0.3 is 0 Å². The molecule has 214 valence electrons. The summed E-state index contributed by atoms with van der Waals surface area (Å²) in [6.07, 6.45) is 0.786. The van der Waals surface area contributed by atoms with Crippen LogP contribution in [0.4, 0.5) is 0 Å². The van der Waals surface area contributed by atoms with Crippen LogP contribution in [0.25, 0.3) is 0 Å². The van der Waals surface area contributed by atoms with Crippen molar-refractivity contribution in [2.24, 2.45) is 23.7 Å². The summed E-state index contributed by atoms with van der Waals surface area (Å²) >= 11 is 1.67. The maximum atomic E-state index is 14.3. The summed E-state index contributed by atoms with van der Waals surface area (Å²) in [5.41, 5.74) is 1.00. The number of carbonyl (C=O) groups excluding carboxylic acids is 3. The molecule has 4 heterocycles. The van der Waals surface area contributed by atoms with Crippen LogP contribution in [-0.4, -0.2) is 101 Å². The van der Waals surface area contributed by atoms with E-state index in [0.717, 1.165) is 31.6 Å². The number of aliphatic hydroxyl groups excluding tert-OH is 1. The Hall–Kier alpha value is -2.14. The van der Waals surface area contributed by atoms with Crippen molar-refractivity contribution in [1.82, 2.24) is 20.4 Å². The number of hydrogen-bond acceptors (Lipinski definition) is 7. The fourth-order valence-electron chi connectivity index (χ4n) is 7.20. The second-order valence-electron chi connectivity index (χ2n) is 11.7. The molecule has 5 rings (SSSR count). The van der Waals surface area contributed by atoms with Crippen LogP contribution in [0.15, 0.2) is 30.3 Å². The van der Waals surface area contributed by atoms with Crippen LogP contribution in [0.2, 0.25) is 0 Å². The lowest BCUT2D eigenvalue weighted by molar-refractivity contribution is -0.143. The van der Waals surface area contributed by atoms with E-state index in [-0.39, 0.29) is 41.4 Å². The van der Waals surface area contributed by atoms with Crippen molar-refractivity contribution in [3.05, 3.63) is 35.9 Å². The van der Waals surface area contributed by atoms with Gasteiger partial charge in [0.05, 0.1) is 42.4 Å². The first kappa shape index (κ1) is 28.4. The van der Waals surface area contributed by atoms with Crippen LogP contribution in [-0.2, 0) is 25.7 Å². The third kappa shape index (κ3) is 5.09. The number of hydrogen-bond donors (Lipinski definition) is 3. The zero-order valence-electron chi connectivity index (χ0n) is 23.2. The van der Waals surface area contributed by atoms with E-state index in [1.54, 1.807) is 16.7 Å². The maximum absolute atomic E-state index is 14.3. The molecule has 0 aliphatic carbocycles. The van der Waals surface area contributed by atoms with Crippen molar-refractivity contribution in [3.8, 4) is 0 Å². The Balaban J connectivity index is 1.40. The van der Waals surface area contributed by atoms with Crippen LogP contribution in [0.1, 0.15) is 32.8 Å². The first-order chi connectivity index (χ1) is 18.8. The lowest BCUT2D eigenvalue weighted by atomic mass is 9.66. The summed E-state index contributed by atoms with van der Waals surface area (Å²) in [4.78, 5) is 45.8. The summed E-state index contributed by atoms with van der Waals surface area (Å²) in [5.74, 6) is -1.51. The van der Waals surface area contributed by atoms with Gasteiger partial charge in [-0.1, -0.05) is 51.1 Å². The Morgan fingerprint density at radius 2 is 1.87 bits per heavy atom. The number of morpholine rings is 1. The second-order valence-corrected chi connectivity index (χ2v) is 13.3. The predicted molar refractivity (Wildman–Crippen MR) is 150 cm³/mol. The normalized spacial score (nSPS) is 32.9. The molecule has 3 amide bonds. The minimum Gasteiger partial charge on any atom is -0.394 e. The van der Waals surface area contributed by atoms with E-state index in [1.807, 2.05) is 44.2 Å². The quantitative estimate of drug-likeness (QED) is 0.395. The Kier molecular flexibility index (Phi) is 8.56. The summed E-state index contributed by atoms with van der Waals surface area (Å²) in [6, 6.07) is 8.53. The first-order valence-electron chi connectivity index (χ1n) is 14.3. The molecule has 0 saturated carbocycles. The number of thioether (sulfide) groups is 1. The van der Waals surface area contributed by atoms with Gasteiger partial charge in [-0.2, -0.15) is 0 Å². The van der Waals surface area contributed by atoms with E-state index in [4.69, 9.17) is 4.74 Å². The SMILES string of the molecule is CC(C)[C@H](CO)N1C(=O)[C@@H]2[C@@H](C(=O)NCc3ccccc3)[C@H]3CC(C)C2(S3)C1C(=O)NCCN1CCOCC1. The number of nitrogens with one attached hydrogen (secondary N) is 2. The molecule has 10 heteroatoms. The van der Waals surface area contributed by atoms with Gasteiger partial charge in [0.2, 0.25) is 17.7 Å². The molecule has 0 radical (unpaired) electrons. The lowest BCUT2D eigenvalue weighted by Gasteiger charge is -2.41. The van der Waals surface area contributed by atoms with Crippen molar-refractivity contribution in [2.45, 2.75) is 55.8 Å². The zero-order valence-corrected chi connectivity index (χ0v) is 24.0. The van der Waals surface area contributed by atoms with Crippen LogP contribution >= 0.6 is 11.8 Å². The number of fused-ring (bicyclic) bond motifs is 1. The molecule has 1 aromatic rings. The number of aliphatic hydroxyl groups is 1. The maximum Gasteiger partial charge on any atom is 0.244 e. The molecule has 1 spiro atoms. The number of ether oxygens (including phenoxy) is 1. The highest BCUT2D eigenvalue weighted by molar-refractivity contribution is 8.02. The molecule has 4 aliphatic rings. The molecule has 3 unspecified atom stereocenters. The summed E-state index contributed by atoms with van der Waals surface area (Å²) in [5, 5.41) is 16.6. The Morgan fingerprint density at radius 1 is 1.15 bits per heavy atom. The first-order valence-corrected chi connectivity index (χ1v) is 15.2. The minimum absolute atomic E-state index is 0.0119. The van der Waals surface area contributed by atoms with E-state index >= 15 is 0 Å². The number of likely N-dealkylation sites (tertiary alicyclic amines) is 1. The second kappa shape index (κ2) is 11.8. The smallest absolute Gasteiger partial charge is 0.244 e. The molecule has 9 nitrogen and oxygen atoms in total. The number of amides is 3. The molecule has 0 aromatic heterocycles. The van der Waals surface area contributed by atoms with Gasteiger partial charge in [-0.05, 0) is 23.8 Å². The Labute approximate surface area is 235 Å². The van der Waals surface area contributed by atoms with Crippen molar-refractivity contribution in [1.29, 1.82) is 0 Å². The predicted octanol–water partition coefficient (Wildman–Crippen LogP) is 1.11. The average Bonchev–Trinajstić information content (AvgIpc) is 3.52. The van der Waals surface area contributed by atoms with E-state index in [9.17, 15) is 19.5 Å². The van der Waals surface area contributed by atoms with Crippen LogP contribution in [0.5, 0.6) is 0 Å². The monoisotopic (exact) mass is 558 g/mol. The molecule has 39 heavy (non-hydrogen) atoms. The summed E-state index contributed by atoms with van der Waals surface area (Å²) in [6.45, 7) is 10.5. The lowest BCUT2D eigenvalue weighted by Crippen LogP contribution is -2.59. The van der Waals surface area contributed by atoms with Crippen molar-refractivity contribution >= 4 is 29.5 Å². The summed E-state index contributed by atoms with van der Waals surface area (Å²) < 4.78 is 4.73. The van der Waals surface area contributed by atoms with Gasteiger partial charge in [0.15, 0.2) is 0 Å². The third-order valence-corrected chi connectivity index (χ3v) is 11.3. The average molecular weight is 559 g/mol. The number of benzene rings is 1. The van der Waals surface area contributed by atoms with Crippen LogP contribution in [0, 0.1) is 23.7 Å². The van der Waals surface area contributed by atoms with Crippen LogP contribution in [0.3, 0.4) is 0 Å². The van der Waals surface area contributed by atoms with E-state index < -0.39 is 28.7 Å². The highest BCUT2D eigenvalue weighted by atomic mass is 32.2. The Bertz CT molecular complexity index is 1050. The zero-order chi connectivity index (χ0) is 27.7. The molecule has 7 atom stereocenters. The van der Waals surface area contributed by atoms with Gasteiger partial charge in [0.25, 0.3) is 0 Å². The molecule has 4 fully saturated rings. The fraction of sp³-hybridized carbons (Fsp3) is 0.690. The molecular weight excluding hydrogens is 516 g/mol. The largest absolute Gasteiger partial charge is 0.394 e. The van der Waals surface area contributed by atoms with E-state index in [2.05, 4.69) is 22.5 Å². The van der Waals surface area contributed by atoms with Gasteiger partial charge in [-0.25, -0.2) is 0 Å². The molecule has 1 aromatic carbocycles. The number of rotatable bonds is 10. The van der Waals surface area contributed by atoms with E-state index in [1.165, 1.54) is 0 Å². The minimum atomic E-state index is -0.726. The van der Waals surface area contributed by atoms with Gasteiger partial charge in [0, 0.05) is 38.0 Å². The number of carbonyl (C=O) groups is 3. The highest BCUT2D eigenvalue weighted by Gasteiger charge is 2.76. The molecular formula is C29H42N4O5S. The molecule has 4 saturated heterocycles.